The number of nitrogens with one attached hydrogen (secondary N) is 1. The molecule has 88 valence electrons. The highest BCUT2D eigenvalue weighted by molar-refractivity contribution is 5.37. The highest BCUT2D eigenvalue weighted by Gasteiger charge is 2.38. The molecule has 1 aliphatic carbocycles. The fourth-order valence-corrected chi connectivity index (χ4v) is 2.73. The van der Waals surface area contributed by atoms with Gasteiger partial charge in [0.2, 0.25) is 0 Å². The van der Waals surface area contributed by atoms with E-state index < -0.39 is 0 Å². The van der Waals surface area contributed by atoms with Crippen LogP contribution in [0.25, 0.3) is 0 Å². The maximum absolute atomic E-state index is 3.73. The Hall–Kier alpha value is -0.820. The van der Waals surface area contributed by atoms with E-state index in [1.54, 1.807) is 0 Å². The van der Waals surface area contributed by atoms with E-state index in [1.807, 2.05) is 0 Å². The summed E-state index contributed by atoms with van der Waals surface area (Å²) in [5.41, 5.74) is 3.38. The second-order valence-corrected chi connectivity index (χ2v) is 6.10. The van der Waals surface area contributed by atoms with Crippen LogP contribution in [-0.2, 0) is 6.42 Å². The summed E-state index contributed by atoms with van der Waals surface area (Å²) in [6, 6.07) is 9.38. The van der Waals surface area contributed by atoms with Crippen LogP contribution < -0.4 is 5.32 Å². The van der Waals surface area contributed by atoms with E-state index in [4.69, 9.17) is 0 Å². The van der Waals surface area contributed by atoms with Crippen LogP contribution in [0, 0.1) is 11.3 Å². The molecule has 0 radical (unpaired) electrons. The molecule has 0 aliphatic heterocycles. The summed E-state index contributed by atoms with van der Waals surface area (Å²) in [6.07, 6.45) is 1.19. The second kappa shape index (κ2) is 4.21. The average Bonchev–Trinajstić information content (AvgIpc) is 2.44. The quantitative estimate of drug-likeness (QED) is 0.816. The van der Waals surface area contributed by atoms with Gasteiger partial charge >= 0.3 is 0 Å². The fourth-order valence-electron chi connectivity index (χ4n) is 2.73. The molecule has 0 bridgehead atoms. The molecule has 0 aromatic heterocycles. The molecule has 1 atom stereocenters. The summed E-state index contributed by atoms with van der Waals surface area (Å²) in [5, 5.41) is 3.73. The predicted molar refractivity (Wildman–Crippen MR) is 69.5 cm³/mol. The Labute approximate surface area is 99.3 Å². The molecule has 0 spiro atoms. The Morgan fingerprint density at radius 2 is 2.00 bits per heavy atom. The predicted octanol–water partition coefficient (Wildman–Crippen LogP) is 3.56. The zero-order chi connectivity index (χ0) is 11.8. The number of hydrogen-bond acceptors (Lipinski definition) is 1. The summed E-state index contributed by atoms with van der Waals surface area (Å²) in [7, 11) is 0. The Morgan fingerprint density at radius 3 is 2.69 bits per heavy atom. The highest BCUT2D eigenvalue weighted by atomic mass is 14.9. The summed E-state index contributed by atoms with van der Waals surface area (Å²) in [5.74, 6) is 0.712. The van der Waals surface area contributed by atoms with Crippen LogP contribution >= 0.6 is 0 Å². The summed E-state index contributed by atoms with van der Waals surface area (Å²) < 4.78 is 0. The van der Waals surface area contributed by atoms with Crippen LogP contribution in [0.3, 0.4) is 0 Å². The van der Waals surface area contributed by atoms with E-state index >= 15 is 0 Å². The van der Waals surface area contributed by atoms with Crippen molar-refractivity contribution in [1.29, 1.82) is 0 Å². The van der Waals surface area contributed by atoms with Gasteiger partial charge in [-0.3, -0.25) is 0 Å². The van der Waals surface area contributed by atoms with Crippen LogP contribution in [0.5, 0.6) is 0 Å². The molecule has 1 aromatic rings. The van der Waals surface area contributed by atoms with Gasteiger partial charge in [0, 0.05) is 6.04 Å². The first-order valence-corrected chi connectivity index (χ1v) is 6.32. The van der Waals surface area contributed by atoms with Gasteiger partial charge in [-0.1, -0.05) is 52.0 Å². The fraction of sp³-hybridized carbons (Fsp3) is 0.600. The van der Waals surface area contributed by atoms with Crippen molar-refractivity contribution in [2.24, 2.45) is 11.3 Å². The molecule has 0 fully saturated rings. The first-order chi connectivity index (χ1) is 7.50. The maximum Gasteiger partial charge on any atom is 0.0377 e. The molecule has 2 rings (SSSR count). The molecule has 16 heavy (non-hydrogen) atoms. The van der Waals surface area contributed by atoms with Crippen molar-refractivity contribution in [1.82, 2.24) is 5.32 Å². The molecule has 0 amide bonds. The lowest BCUT2D eigenvalue weighted by molar-refractivity contribution is 0.262. The Kier molecular flexibility index (Phi) is 3.07. The smallest absolute Gasteiger partial charge is 0.0377 e. The van der Waals surface area contributed by atoms with Gasteiger partial charge < -0.3 is 5.32 Å². The second-order valence-electron chi connectivity index (χ2n) is 6.10. The van der Waals surface area contributed by atoms with Gasteiger partial charge in [-0.25, -0.2) is 0 Å². The monoisotopic (exact) mass is 217 g/mol. The van der Waals surface area contributed by atoms with E-state index in [2.05, 4.69) is 57.3 Å². The zero-order valence-electron chi connectivity index (χ0n) is 10.9. The molecule has 1 unspecified atom stereocenters. The van der Waals surface area contributed by atoms with Crippen molar-refractivity contribution in [2.45, 2.75) is 40.2 Å². The number of hydrogen-bond donors (Lipinski definition) is 1. The van der Waals surface area contributed by atoms with Crippen LogP contribution in [0.15, 0.2) is 24.3 Å². The van der Waals surface area contributed by atoms with Crippen molar-refractivity contribution >= 4 is 0 Å². The molecule has 1 heteroatoms. The van der Waals surface area contributed by atoms with Crippen LogP contribution in [0.2, 0.25) is 0 Å². The van der Waals surface area contributed by atoms with Crippen molar-refractivity contribution in [3.05, 3.63) is 35.4 Å². The van der Waals surface area contributed by atoms with Gasteiger partial charge in [0.15, 0.2) is 0 Å². The molecule has 0 heterocycles. The average molecular weight is 217 g/mol. The third-order valence-electron chi connectivity index (χ3n) is 3.52. The number of rotatable bonds is 3. The third kappa shape index (κ3) is 2.15. The first kappa shape index (κ1) is 11.7. The topological polar surface area (TPSA) is 12.0 Å². The number of fused-ring (bicyclic) bond motifs is 1. The highest BCUT2D eigenvalue weighted by Crippen LogP contribution is 2.44. The molecule has 0 saturated heterocycles. The van der Waals surface area contributed by atoms with E-state index in [1.165, 1.54) is 17.5 Å². The molecule has 0 saturated carbocycles. The van der Waals surface area contributed by atoms with Gasteiger partial charge in [-0.2, -0.15) is 0 Å². The Bertz CT molecular complexity index is 365. The van der Waals surface area contributed by atoms with Crippen molar-refractivity contribution < 1.29 is 0 Å². The van der Waals surface area contributed by atoms with Crippen molar-refractivity contribution in [3.8, 4) is 0 Å². The Morgan fingerprint density at radius 1 is 1.31 bits per heavy atom. The molecule has 1 aliphatic rings. The van der Waals surface area contributed by atoms with E-state index in [-0.39, 0.29) is 0 Å². The van der Waals surface area contributed by atoms with E-state index in [0.717, 1.165) is 6.54 Å². The van der Waals surface area contributed by atoms with Crippen molar-refractivity contribution in [3.63, 3.8) is 0 Å². The van der Waals surface area contributed by atoms with Crippen LogP contribution in [0.1, 0.15) is 44.9 Å². The molecule has 1 aromatic carbocycles. The summed E-state index contributed by atoms with van der Waals surface area (Å²) in [4.78, 5) is 0. The van der Waals surface area contributed by atoms with Gasteiger partial charge in [0.25, 0.3) is 0 Å². The minimum atomic E-state index is 0.346. The standard InChI is InChI=1S/C15H23N/c1-11(2)10-16-14-13-8-6-5-7-12(13)9-15(14,3)4/h5-8,11,14,16H,9-10H2,1-4H3. The van der Waals surface area contributed by atoms with Gasteiger partial charge in [0.1, 0.15) is 0 Å². The van der Waals surface area contributed by atoms with Crippen LogP contribution in [-0.4, -0.2) is 6.54 Å². The van der Waals surface area contributed by atoms with Gasteiger partial charge in [-0.15, -0.1) is 0 Å². The molecular weight excluding hydrogens is 194 g/mol. The molecule has 1 nitrogen and oxygen atoms in total. The van der Waals surface area contributed by atoms with Gasteiger partial charge in [0.05, 0.1) is 0 Å². The summed E-state index contributed by atoms with van der Waals surface area (Å²) in [6.45, 7) is 10.4. The lowest BCUT2D eigenvalue weighted by Gasteiger charge is -2.29. The lowest BCUT2D eigenvalue weighted by atomic mass is 9.85. The van der Waals surface area contributed by atoms with Gasteiger partial charge in [-0.05, 0) is 35.4 Å². The lowest BCUT2D eigenvalue weighted by Crippen LogP contribution is -2.33. The first-order valence-electron chi connectivity index (χ1n) is 6.32. The van der Waals surface area contributed by atoms with Crippen LogP contribution in [0.4, 0.5) is 0 Å². The van der Waals surface area contributed by atoms with E-state index in [0.29, 0.717) is 17.4 Å². The maximum atomic E-state index is 3.73. The Balaban J connectivity index is 2.21. The molecule has 1 N–H and O–H groups in total. The largest absolute Gasteiger partial charge is 0.309 e. The minimum Gasteiger partial charge on any atom is -0.309 e. The number of benzene rings is 1. The van der Waals surface area contributed by atoms with Crippen molar-refractivity contribution in [2.75, 3.05) is 6.54 Å². The third-order valence-corrected chi connectivity index (χ3v) is 3.52. The van der Waals surface area contributed by atoms with E-state index in [9.17, 15) is 0 Å². The SMILES string of the molecule is CC(C)CNC1c2ccccc2CC1(C)C. The minimum absolute atomic E-state index is 0.346. The summed E-state index contributed by atoms with van der Waals surface area (Å²) >= 11 is 0. The normalized spacial score (nSPS) is 22.4. The zero-order valence-corrected chi connectivity index (χ0v) is 10.9. The molecular formula is C15H23N.